The average molecular weight is 423 g/mol. The maximum atomic E-state index is 11.7. The van der Waals surface area contributed by atoms with Gasteiger partial charge in [-0.15, -0.1) is 0 Å². The second-order valence-electron chi connectivity index (χ2n) is 8.10. The lowest BCUT2D eigenvalue weighted by molar-refractivity contribution is 0.444. The number of nitrogens with zero attached hydrogens (tertiary/aromatic N) is 2. The van der Waals surface area contributed by atoms with E-state index in [0.29, 0.717) is 12.2 Å². The number of para-hydroxylation sites is 1. The van der Waals surface area contributed by atoms with E-state index in [2.05, 4.69) is 27.8 Å². The van der Waals surface area contributed by atoms with Crippen molar-refractivity contribution in [3.05, 3.63) is 64.2 Å². The summed E-state index contributed by atoms with van der Waals surface area (Å²) in [6.07, 6.45) is 9.01. The molecule has 0 amide bonds. The molecule has 3 N–H and O–H groups in total. The van der Waals surface area contributed by atoms with Gasteiger partial charge in [-0.2, -0.15) is 0 Å². The van der Waals surface area contributed by atoms with E-state index < -0.39 is 0 Å². The molecule has 0 saturated heterocycles. The summed E-state index contributed by atoms with van der Waals surface area (Å²) in [4.78, 5) is 16.1. The third-order valence-corrected chi connectivity index (χ3v) is 5.82. The fraction of sp³-hybridized carbons (Fsp3) is 0.440. The molecule has 0 fully saturated rings. The maximum absolute atomic E-state index is 11.7. The molecule has 0 bridgehead atoms. The van der Waals surface area contributed by atoms with E-state index >= 15 is 0 Å². The lowest BCUT2D eigenvalue weighted by atomic mass is 10.1. The van der Waals surface area contributed by atoms with Crippen LogP contribution < -0.4 is 16.1 Å². The molecule has 166 valence electrons. The predicted molar refractivity (Wildman–Crippen MR) is 128 cm³/mol. The molecule has 1 aromatic carbocycles. The lowest BCUT2D eigenvalue weighted by Gasteiger charge is -2.14. The normalized spacial score (nSPS) is 11.2. The number of nitrogens with one attached hydrogen (secondary N) is 2. The molecule has 0 unspecified atom stereocenters. The Labute approximate surface area is 184 Å². The fourth-order valence-electron chi connectivity index (χ4n) is 3.83. The van der Waals surface area contributed by atoms with Gasteiger partial charge in [0.05, 0.1) is 11.2 Å². The first-order valence-electron chi connectivity index (χ1n) is 11.2. The molecule has 0 atom stereocenters. The largest absolute Gasteiger partial charge is 0.503 e. The van der Waals surface area contributed by atoms with Crippen molar-refractivity contribution in [3.63, 3.8) is 0 Å². The molecule has 6 heteroatoms. The van der Waals surface area contributed by atoms with E-state index in [9.17, 15) is 9.90 Å². The van der Waals surface area contributed by atoms with Crippen LogP contribution in [-0.2, 0) is 13.6 Å². The molecule has 2 heterocycles. The molecule has 3 aromatic rings. The summed E-state index contributed by atoms with van der Waals surface area (Å²) in [6, 6.07) is 11.7. The minimum absolute atomic E-state index is 0.144. The van der Waals surface area contributed by atoms with Crippen molar-refractivity contribution in [2.75, 3.05) is 18.4 Å². The minimum atomic E-state index is -0.306. The molecule has 0 aliphatic rings. The van der Waals surface area contributed by atoms with Gasteiger partial charge in [-0.25, -0.2) is 0 Å². The van der Waals surface area contributed by atoms with E-state index in [1.54, 1.807) is 0 Å². The molecular formula is C25H34N4O2. The SMILES string of the molecule is Cc1cc(=O)c(O)c(CNCCCCCCCCNc2ccnc3ccccc23)n1C. The number of anilines is 1. The van der Waals surface area contributed by atoms with Gasteiger partial charge in [-0.05, 0) is 38.4 Å². The van der Waals surface area contributed by atoms with Gasteiger partial charge in [0.25, 0.3) is 0 Å². The Morgan fingerprint density at radius 1 is 1.00 bits per heavy atom. The highest BCUT2D eigenvalue weighted by atomic mass is 16.3. The third-order valence-electron chi connectivity index (χ3n) is 5.82. The average Bonchev–Trinajstić information content (AvgIpc) is 2.78. The van der Waals surface area contributed by atoms with Gasteiger partial charge < -0.3 is 20.3 Å². The van der Waals surface area contributed by atoms with E-state index in [4.69, 9.17) is 0 Å². The van der Waals surface area contributed by atoms with Crippen molar-refractivity contribution in [2.24, 2.45) is 7.05 Å². The van der Waals surface area contributed by atoms with Gasteiger partial charge in [0.1, 0.15) is 0 Å². The zero-order chi connectivity index (χ0) is 22.1. The smallest absolute Gasteiger partial charge is 0.223 e. The Kier molecular flexibility index (Phi) is 8.47. The van der Waals surface area contributed by atoms with Crippen molar-refractivity contribution in [2.45, 2.75) is 52.0 Å². The lowest BCUT2D eigenvalue weighted by Crippen LogP contribution is -2.21. The van der Waals surface area contributed by atoms with Gasteiger partial charge in [-0.1, -0.05) is 43.9 Å². The van der Waals surface area contributed by atoms with Crippen LogP contribution in [-0.4, -0.2) is 27.7 Å². The number of aromatic hydroxyl groups is 1. The number of hydrogen-bond donors (Lipinski definition) is 3. The highest BCUT2D eigenvalue weighted by Gasteiger charge is 2.09. The standard InChI is InChI=1S/C25H34N4O2/c1-19-17-24(30)25(31)23(29(19)2)18-26-14-9-5-3-4-6-10-15-27-22-13-16-28-21-12-8-7-11-20(21)22/h7-8,11-13,16-17,26,31H,3-6,9-10,14-15,18H2,1-2H3,(H,27,28). The number of hydrogen-bond acceptors (Lipinski definition) is 5. The van der Waals surface area contributed by atoms with Crippen molar-refractivity contribution >= 4 is 16.6 Å². The van der Waals surface area contributed by atoms with Gasteiger partial charge in [0.2, 0.25) is 5.43 Å². The van der Waals surface area contributed by atoms with E-state index in [0.717, 1.165) is 42.8 Å². The Balaban J connectivity index is 1.25. The second-order valence-corrected chi connectivity index (χ2v) is 8.10. The molecule has 6 nitrogen and oxygen atoms in total. The van der Waals surface area contributed by atoms with Crippen LogP contribution in [0.3, 0.4) is 0 Å². The molecule has 0 spiro atoms. The summed E-state index contributed by atoms with van der Waals surface area (Å²) in [6.45, 7) is 4.25. The quantitative estimate of drug-likeness (QED) is 0.375. The summed E-state index contributed by atoms with van der Waals surface area (Å²) in [7, 11) is 1.87. The molecular weight excluding hydrogens is 388 g/mol. The van der Waals surface area contributed by atoms with Gasteiger partial charge >= 0.3 is 0 Å². The topological polar surface area (TPSA) is 79.2 Å². The minimum Gasteiger partial charge on any atom is -0.503 e. The fourth-order valence-corrected chi connectivity index (χ4v) is 3.83. The molecule has 0 radical (unpaired) electrons. The number of rotatable bonds is 12. The Bertz CT molecular complexity index is 1040. The number of aromatic nitrogens is 2. The summed E-state index contributed by atoms with van der Waals surface area (Å²) in [5.41, 5.74) is 3.39. The van der Waals surface area contributed by atoms with Crippen molar-refractivity contribution < 1.29 is 5.11 Å². The Morgan fingerprint density at radius 3 is 2.52 bits per heavy atom. The van der Waals surface area contributed by atoms with Crippen LogP contribution in [0.1, 0.15) is 49.9 Å². The summed E-state index contributed by atoms with van der Waals surface area (Å²) in [5, 5.41) is 18.1. The van der Waals surface area contributed by atoms with Crippen LogP contribution in [0.5, 0.6) is 5.75 Å². The summed E-state index contributed by atoms with van der Waals surface area (Å²) in [5.74, 6) is -0.144. The van der Waals surface area contributed by atoms with Crippen molar-refractivity contribution in [1.82, 2.24) is 14.9 Å². The zero-order valence-corrected chi connectivity index (χ0v) is 18.7. The number of unbranched alkanes of at least 4 members (excludes halogenated alkanes) is 5. The zero-order valence-electron chi connectivity index (χ0n) is 18.7. The van der Waals surface area contributed by atoms with Gasteiger partial charge in [0, 0.05) is 49.2 Å². The van der Waals surface area contributed by atoms with Crippen LogP contribution in [0, 0.1) is 6.92 Å². The molecule has 3 rings (SSSR count). The molecule has 31 heavy (non-hydrogen) atoms. The predicted octanol–water partition coefficient (Wildman–Crippen LogP) is 4.49. The van der Waals surface area contributed by atoms with Gasteiger partial charge in [-0.3, -0.25) is 9.78 Å². The van der Waals surface area contributed by atoms with Crippen LogP contribution in [0.25, 0.3) is 10.9 Å². The van der Waals surface area contributed by atoms with Crippen LogP contribution >= 0.6 is 0 Å². The highest BCUT2D eigenvalue weighted by molar-refractivity contribution is 5.90. The van der Waals surface area contributed by atoms with E-state index in [1.807, 2.05) is 42.9 Å². The Hall–Kier alpha value is -2.86. The number of pyridine rings is 2. The Morgan fingerprint density at radius 2 is 1.71 bits per heavy atom. The molecule has 0 aliphatic carbocycles. The number of aryl methyl sites for hydroxylation is 1. The van der Waals surface area contributed by atoms with E-state index in [1.165, 1.54) is 37.1 Å². The van der Waals surface area contributed by atoms with Gasteiger partial charge in [0.15, 0.2) is 5.75 Å². The first-order chi connectivity index (χ1) is 15.1. The highest BCUT2D eigenvalue weighted by Crippen LogP contribution is 2.21. The monoisotopic (exact) mass is 422 g/mol. The first-order valence-corrected chi connectivity index (χ1v) is 11.2. The van der Waals surface area contributed by atoms with Crippen molar-refractivity contribution in [3.8, 4) is 5.75 Å². The number of fused-ring (bicyclic) bond motifs is 1. The van der Waals surface area contributed by atoms with Crippen molar-refractivity contribution in [1.29, 1.82) is 0 Å². The number of benzene rings is 1. The van der Waals surface area contributed by atoms with Crippen LogP contribution in [0.2, 0.25) is 0 Å². The molecule has 0 aliphatic heterocycles. The molecule has 0 saturated carbocycles. The second kappa shape index (κ2) is 11.5. The maximum Gasteiger partial charge on any atom is 0.223 e. The van der Waals surface area contributed by atoms with Crippen LogP contribution in [0.4, 0.5) is 5.69 Å². The van der Waals surface area contributed by atoms with Crippen LogP contribution in [0.15, 0.2) is 47.4 Å². The summed E-state index contributed by atoms with van der Waals surface area (Å²) < 4.78 is 1.87. The third kappa shape index (κ3) is 6.31. The molecule has 2 aromatic heterocycles. The summed E-state index contributed by atoms with van der Waals surface area (Å²) >= 11 is 0. The first kappa shape index (κ1) is 22.8. The van der Waals surface area contributed by atoms with E-state index in [-0.39, 0.29) is 11.2 Å².